The Labute approximate surface area is 77.1 Å². The number of carbonyl (C=O) groups is 2. The topological polar surface area (TPSA) is 54.4 Å². The van der Waals surface area contributed by atoms with Crippen LogP contribution in [-0.4, -0.2) is 16.9 Å². The Hall–Kier alpha value is -0.860. The van der Waals surface area contributed by atoms with Crippen molar-refractivity contribution >= 4 is 11.8 Å². The number of ketones is 1. The van der Waals surface area contributed by atoms with Gasteiger partial charge in [-0.15, -0.1) is 0 Å². The smallest absolute Gasteiger partial charge is 0.310 e. The van der Waals surface area contributed by atoms with Crippen molar-refractivity contribution in [2.24, 2.45) is 23.2 Å². The standard InChI is InChI=1S/C10H14O3/c1-5-3-7-4-10(5,9(12)13)6(2)8(7)11/h5-7H,3-4H2,1-2H3,(H,12,13). The second-order valence-electron chi connectivity index (χ2n) is 4.51. The molecule has 2 aliphatic rings. The first-order valence-corrected chi connectivity index (χ1v) is 4.77. The predicted octanol–water partition coefficient (Wildman–Crippen LogP) is 1.32. The highest BCUT2D eigenvalue weighted by Crippen LogP contribution is 2.58. The summed E-state index contributed by atoms with van der Waals surface area (Å²) in [5.41, 5.74) is -0.734. The van der Waals surface area contributed by atoms with Crippen LogP contribution in [0.4, 0.5) is 0 Å². The molecule has 3 nitrogen and oxygen atoms in total. The average molecular weight is 182 g/mol. The molecule has 4 unspecified atom stereocenters. The highest BCUT2D eigenvalue weighted by atomic mass is 16.4. The molecule has 0 radical (unpaired) electrons. The number of carboxylic acid groups (broad SMARTS) is 1. The molecule has 2 bridgehead atoms. The van der Waals surface area contributed by atoms with Gasteiger partial charge >= 0.3 is 5.97 Å². The molecule has 0 heterocycles. The quantitative estimate of drug-likeness (QED) is 0.665. The van der Waals surface area contributed by atoms with Crippen molar-refractivity contribution in [3.8, 4) is 0 Å². The van der Waals surface area contributed by atoms with E-state index in [1.807, 2.05) is 6.92 Å². The Morgan fingerprint density at radius 3 is 2.54 bits per heavy atom. The van der Waals surface area contributed by atoms with Crippen LogP contribution in [0.2, 0.25) is 0 Å². The van der Waals surface area contributed by atoms with E-state index < -0.39 is 11.4 Å². The zero-order valence-electron chi connectivity index (χ0n) is 7.91. The minimum atomic E-state index is -0.777. The van der Waals surface area contributed by atoms with Gasteiger partial charge < -0.3 is 5.11 Å². The lowest BCUT2D eigenvalue weighted by molar-refractivity contribution is -0.156. The van der Waals surface area contributed by atoms with Gasteiger partial charge in [0.15, 0.2) is 0 Å². The molecule has 0 aromatic heterocycles. The van der Waals surface area contributed by atoms with Gasteiger partial charge in [-0.25, -0.2) is 0 Å². The molecule has 0 aromatic rings. The number of fused-ring (bicyclic) bond motifs is 2. The molecule has 0 aromatic carbocycles. The summed E-state index contributed by atoms with van der Waals surface area (Å²) in [5.74, 6) is -0.705. The fourth-order valence-corrected chi connectivity index (χ4v) is 3.24. The Balaban J connectivity index is 2.45. The van der Waals surface area contributed by atoms with Crippen molar-refractivity contribution in [3.05, 3.63) is 0 Å². The van der Waals surface area contributed by atoms with Crippen LogP contribution in [0.1, 0.15) is 26.7 Å². The molecule has 13 heavy (non-hydrogen) atoms. The van der Waals surface area contributed by atoms with Crippen LogP contribution < -0.4 is 0 Å². The number of rotatable bonds is 1. The van der Waals surface area contributed by atoms with Gasteiger partial charge in [-0.1, -0.05) is 13.8 Å². The van der Waals surface area contributed by atoms with Gasteiger partial charge in [0.05, 0.1) is 5.41 Å². The highest BCUT2D eigenvalue weighted by Gasteiger charge is 2.63. The molecule has 1 N–H and O–H groups in total. The number of Topliss-reactive ketones (excluding diaryl/α,β-unsaturated/α-hetero) is 1. The van der Waals surface area contributed by atoms with Gasteiger partial charge in [-0.3, -0.25) is 9.59 Å². The second kappa shape index (κ2) is 2.34. The lowest BCUT2D eigenvalue weighted by Gasteiger charge is -2.32. The van der Waals surface area contributed by atoms with Crippen LogP contribution in [0.15, 0.2) is 0 Å². The number of hydrogen-bond donors (Lipinski definition) is 1. The zero-order valence-corrected chi connectivity index (χ0v) is 7.91. The van der Waals surface area contributed by atoms with Gasteiger partial charge in [0.1, 0.15) is 5.78 Å². The Morgan fingerprint density at radius 2 is 2.15 bits per heavy atom. The molecule has 0 amide bonds. The molecule has 2 rings (SSSR count). The average Bonchev–Trinajstić information content (AvgIpc) is 2.50. The first-order valence-electron chi connectivity index (χ1n) is 4.77. The molecule has 2 fully saturated rings. The number of hydrogen-bond acceptors (Lipinski definition) is 2. The van der Waals surface area contributed by atoms with Crippen molar-refractivity contribution in [1.82, 2.24) is 0 Å². The first-order chi connectivity index (χ1) is 6.00. The Kier molecular flexibility index (Phi) is 1.57. The third-order valence-corrected chi connectivity index (χ3v) is 4.10. The van der Waals surface area contributed by atoms with E-state index in [0.29, 0.717) is 6.42 Å². The Bertz CT molecular complexity index is 284. The molecule has 0 aliphatic heterocycles. The minimum absolute atomic E-state index is 0.0288. The molecule has 0 spiro atoms. The summed E-state index contributed by atoms with van der Waals surface area (Å²) >= 11 is 0. The molecule has 0 saturated heterocycles. The van der Waals surface area contributed by atoms with Gasteiger partial charge in [0.25, 0.3) is 0 Å². The summed E-state index contributed by atoms with van der Waals surface area (Å²) in [7, 11) is 0. The normalized spacial score (nSPS) is 48.5. The van der Waals surface area contributed by atoms with Crippen LogP contribution in [0.25, 0.3) is 0 Å². The van der Waals surface area contributed by atoms with Gasteiger partial charge in [-0.2, -0.15) is 0 Å². The van der Waals surface area contributed by atoms with E-state index in [-0.39, 0.29) is 23.5 Å². The van der Waals surface area contributed by atoms with Crippen molar-refractivity contribution in [2.75, 3.05) is 0 Å². The van der Waals surface area contributed by atoms with E-state index in [9.17, 15) is 14.7 Å². The molecule has 3 heteroatoms. The summed E-state index contributed by atoms with van der Waals surface area (Å²) in [6.45, 7) is 3.73. The Morgan fingerprint density at radius 1 is 1.54 bits per heavy atom. The molecule has 72 valence electrons. The fourth-order valence-electron chi connectivity index (χ4n) is 3.24. The summed E-state index contributed by atoms with van der Waals surface area (Å²) in [6.07, 6.45) is 1.35. The van der Waals surface area contributed by atoms with E-state index in [4.69, 9.17) is 0 Å². The minimum Gasteiger partial charge on any atom is -0.481 e. The molecule has 4 atom stereocenters. The summed E-state index contributed by atoms with van der Waals surface area (Å²) in [5, 5.41) is 9.20. The van der Waals surface area contributed by atoms with E-state index >= 15 is 0 Å². The van der Waals surface area contributed by atoms with Gasteiger partial charge in [0, 0.05) is 11.8 Å². The highest BCUT2D eigenvalue weighted by molar-refractivity contribution is 5.95. The number of carboxylic acids is 1. The number of aliphatic carboxylic acids is 1. The zero-order chi connectivity index (χ0) is 9.80. The van der Waals surface area contributed by atoms with E-state index in [2.05, 4.69) is 0 Å². The SMILES string of the molecule is CC1CC2CC1(C(=O)O)C(C)C2=O. The molecular weight excluding hydrogens is 168 g/mol. The maximum Gasteiger partial charge on any atom is 0.310 e. The van der Waals surface area contributed by atoms with E-state index in [1.165, 1.54) is 0 Å². The van der Waals surface area contributed by atoms with Crippen molar-refractivity contribution < 1.29 is 14.7 Å². The first kappa shape index (κ1) is 8.73. The third-order valence-electron chi connectivity index (χ3n) is 4.10. The third kappa shape index (κ3) is 0.798. The predicted molar refractivity (Wildman–Crippen MR) is 46.1 cm³/mol. The van der Waals surface area contributed by atoms with Crippen LogP contribution in [0.3, 0.4) is 0 Å². The second-order valence-corrected chi connectivity index (χ2v) is 4.51. The molecule has 2 aliphatic carbocycles. The van der Waals surface area contributed by atoms with Crippen LogP contribution >= 0.6 is 0 Å². The summed E-state index contributed by atoms with van der Waals surface area (Å²) in [6, 6.07) is 0. The van der Waals surface area contributed by atoms with Gasteiger partial charge in [-0.05, 0) is 18.8 Å². The lowest BCUT2D eigenvalue weighted by atomic mass is 9.69. The number of carbonyl (C=O) groups excluding carboxylic acids is 1. The maximum atomic E-state index is 11.6. The van der Waals surface area contributed by atoms with Crippen LogP contribution in [0, 0.1) is 23.2 Å². The van der Waals surface area contributed by atoms with Crippen LogP contribution in [-0.2, 0) is 9.59 Å². The van der Waals surface area contributed by atoms with Crippen molar-refractivity contribution in [3.63, 3.8) is 0 Å². The van der Waals surface area contributed by atoms with E-state index in [1.54, 1.807) is 6.92 Å². The van der Waals surface area contributed by atoms with Crippen LogP contribution in [0.5, 0.6) is 0 Å². The molecular formula is C10H14O3. The van der Waals surface area contributed by atoms with Crippen molar-refractivity contribution in [2.45, 2.75) is 26.7 Å². The monoisotopic (exact) mass is 182 g/mol. The van der Waals surface area contributed by atoms with E-state index in [0.717, 1.165) is 6.42 Å². The lowest BCUT2D eigenvalue weighted by Crippen LogP contribution is -2.41. The van der Waals surface area contributed by atoms with Crippen molar-refractivity contribution in [1.29, 1.82) is 0 Å². The summed E-state index contributed by atoms with van der Waals surface area (Å²) in [4.78, 5) is 22.8. The van der Waals surface area contributed by atoms with Gasteiger partial charge in [0.2, 0.25) is 0 Å². The fraction of sp³-hybridized carbons (Fsp3) is 0.800. The largest absolute Gasteiger partial charge is 0.481 e. The summed E-state index contributed by atoms with van der Waals surface area (Å²) < 4.78 is 0. The maximum absolute atomic E-state index is 11.6. The molecule has 2 saturated carbocycles.